The Morgan fingerprint density at radius 2 is 1.84 bits per heavy atom. The molecule has 1 fully saturated rings. The molecule has 0 saturated heterocycles. The Labute approximate surface area is 208 Å². The number of aromatic nitrogens is 7. The van der Waals surface area contributed by atoms with Crippen LogP contribution >= 0.6 is 0 Å². The minimum absolute atomic E-state index is 0.105. The lowest BCUT2D eigenvalue weighted by Gasteiger charge is -2.11. The third-order valence-electron chi connectivity index (χ3n) is 6.20. The quantitative estimate of drug-likeness (QED) is 0.309. The van der Waals surface area contributed by atoms with E-state index in [2.05, 4.69) is 25.0 Å². The van der Waals surface area contributed by atoms with E-state index in [1.54, 1.807) is 36.3 Å². The maximum Gasteiger partial charge on any atom is 0.468 e. The van der Waals surface area contributed by atoms with Crippen molar-refractivity contribution in [3.8, 4) is 28.5 Å². The smallest absolute Gasteiger partial charge is 0.468 e. The van der Waals surface area contributed by atoms with Crippen LogP contribution in [-0.2, 0) is 12.7 Å². The predicted molar refractivity (Wildman–Crippen MR) is 126 cm³/mol. The Morgan fingerprint density at radius 1 is 1.05 bits per heavy atom. The maximum atomic E-state index is 13.0. The van der Waals surface area contributed by atoms with Crippen molar-refractivity contribution < 1.29 is 22.3 Å². The summed E-state index contributed by atoms with van der Waals surface area (Å²) >= 11 is 0. The molecule has 0 amide bonds. The lowest BCUT2D eigenvalue weighted by Crippen LogP contribution is -2.05. The molecule has 4 aromatic heterocycles. The summed E-state index contributed by atoms with van der Waals surface area (Å²) in [5.41, 5.74) is 3.76. The van der Waals surface area contributed by atoms with Crippen molar-refractivity contribution in [1.82, 2.24) is 34.7 Å². The van der Waals surface area contributed by atoms with E-state index in [9.17, 15) is 13.2 Å². The van der Waals surface area contributed by atoms with E-state index in [4.69, 9.17) is 14.1 Å². The van der Waals surface area contributed by atoms with Crippen LogP contribution in [-0.4, -0.2) is 41.8 Å². The minimum Gasteiger partial charge on any atom is -0.480 e. The van der Waals surface area contributed by atoms with Crippen LogP contribution < -0.4 is 4.74 Å². The lowest BCUT2D eigenvalue weighted by molar-refractivity contribution is -0.157. The van der Waals surface area contributed by atoms with E-state index >= 15 is 0 Å². The molecule has 0 N–H and O–H groups in total. The molecule has 0 radical (unpaired) electrons. The standard InChI is InChI=1S/C25H20F3N7O2/c1-13-19(33-24(37-13)25(26,27)28)15-5-3-14(4-6-15)11-35-22-17(10-32-35)9-29-21(34-22)18-20(16-7-8-16)30-12-31-23(18)36-2/h3-6,9-10,12,16H,7-8,11H2,1-2H3. The molecule has 4 heterocycles. The number of fused-ring (bicyclic) bond motifs is 1. The van der Waals surface area contributed by atoms with Gasteiger partial charge < -0.3 is 9.15 Å². The van der Waals surface area contributed by atoms with Crippen LogP contribution in [0.25, 0.3) is 33.7 Å². The highest BCUT2D eigenvalue weighted by molar-refractivity contribution is 5.77. The summed E-state index contributed by atoms with van der Waals surface area (Å²) < 4.78 is 50.9. The summed E-state index contributed by atoms with van der Waals surface area (Å²) in [6.45, 7) is 1.85. The lowest BCUT2D eigenvalue weighted by atomic mass is 10.1. The number of oxazole rings is 1. The fourth-order valence-corrected chi connectivity index (χ4v) is 4.24. The van der Waals surface area contributed by atoms with E-state index in [0.717, 1.165) is 29.5 Å². The largest absolute Gasteiger partial charge is 0.480 e. The van der Waals surface area contributed by atoms with Crippen LogP contribution in [0.5, 0.6) is 5.88 Å². The van der Waals surface area contributed by atoms with Gasteiger partial charge in [-0.25, -0.2) is 29.6 Å². The summed E-state index contributed by atoms with van der Waals surface area (Å²) in [4.78, 5) is 21.7. The number of nitrogens with zero attached hydrogens (tertiary/aromatic N) is 7. The van der Waals surface area contributed by atoms with Gasteiger partial charge in [-0.3, -0.25) is 0 Å². The van der Waals surface area contributed by atoms with Gasteiger partial charge in [-0.2, -0.15) is 18.3 Å². The van der Waals surface area contributed by atoms with E-state index in [1.807, 2.05) is 12.1 Å². The average Bonchev–Trinajstić information content (AvgIpc) is 3.55. The van der Waals surface area contributed by atoms with Gasteiger partial charge in [0.05, 0.1) is 30.9 Å². The monoisotopic (exact) mass is 507 g/mol. The van der Waals surface area contributed by atoms with Crippen molar-refractivity contribution in [3.63, 3.8) is 0 Å². The van der Waals surface area contributed by atoms with Crippen LogP contribution in [0.15, 0.2) is 47.4 Å². The Bertz CT molecular complexity index is 1610. The molecule has 6 rings (SSSR count). The summed E-state index contributed by atoms with van der Waals surface area (Å²) in [6.07, 6.45) is 2.35. The predicted octanol–water partition coefficient (Wildman–Crippen LogP) is 5.20. The van der Waals surface area contributed by atoms with E-state index in [-0.39, 0.29) is 11.5 Å². The summed E-state index contributed by atoms with van der Waals surface area (Å²) in [6, 6.07) is 7.04. The highest BCUT2D eigenvalue weighted by Crippen LogP contribution is 2.44. The van der Waals surface area contributed by atoms with Gasteiger partial charge in [-0.05, 0) is 25.3 Å². The zero-order chi connectivity index (χ0) is 25.7. The second-order valence-corrected chi connectivity index (χ2v) is 8.81. The van der Waals surface area contributed by atoms with Gasteiger partial charge in [-0.1, -0.05) is 24.3 Å². The number of benzene rings is 1. The van der Waals surface area contributed by atoms with E-state index in [1.165, 1.54) is 13.3 Å². The van der Waals surface area contributed by atoms with Gasteiger partial charge in [-0.15, -0.1) is 0 Å². The van der Waals surface area contributed by atoms with E-state index < -0.39 is 12.1 Å². The van der Waals surface area contributed by atoms with Crippen LogP contribution in [0.2, 0.25) is 0 Å². The molecule has 12 heteroatoms. The van der Waals surface area contributed by atoms with Crippen molar-refractivity contribution in [2.24, 2.45) is 0 Å². The second kappa shape index (κ2) is 8.64. The van der Waals surface area contributed by atoms with Gasteiger partial charge >= 0.3 is 12.1 Å². The molecule has 1 aliphatic rings. The van der Waals surface area contributed by atoms with Crippen LogP contribution in [0, 0.1) is 6.92 Å². The minimum atomic E-state index is -4.64. The average molecular weight is 507 g/mol. The Balaban J connectivity index is 1.31. The third kappa shape index (κ3) is 4.28. The number of rotatable bonds is 6. The SMILES string of the molecule is COc1ncnc(C2CC2)c1-c1ncc2cnn(Cc3ccc(-c4nc(C(F)(F)F)oc4C)cc3)c2n1. The second-order valence-electron chi connectivity index (χ2n) is 8.81. The summed E-state index contributed by atoms with van der Waals surface area (Å²) in [5.74, 6) is 0.0805. The molecule has 0 aliphatic heterocycles. The highest BCUT2D eigenvalue weighted by Gasteiger charge is 2.38. The third-order valence-corrected chi connectivity index (χ3v) is 6.20. The van der Waals surface area contributed by atoms with Crippen molar-refractivity contribution in [2.75, 3.05) is 7.11 Å². The van der Waals surface area contributed by atoms with Crippen molar-refractivity contribution in [3.05, 3.63) is 65.9 Å². The first kappa shape index (κ1) is 23.1. The fourth-order valence-electron chi connectivity index (χ4n) is 4.24. The van der Waals surface area contributed by atoms with Crippen molar-refractivity contribution in [1.29, 1.82) is 0 Å². The first-order valence-corrected chi connectivity index (χ1v) is 11.5. The number of methoxy groups -OCH3 is 1. The zero-order valence-electron chi connectivity index (χ0n) is 19.8. The van der Waals surface area contributed by atoms with Crippen LogP contribution in [0.4, 0.5) is 13.2 Å². The number of alkyl halides is 3. The van der Waals surface area contributed by atoms with Gasteiger partial charge in [0.25, 0.3) is 0 Å². The van der Waals surface area contributed by atoms with Gasteiger partial charge in [0.1, 0.15) is 23.3 Å². The van der Waals surface area contributed by atoms with Crippen LogP contribution in [0.3, 0.4) is 0 Å². The molecule has 1 saturated carbocycles. The number of hydrogen-bond donors (Lipinski definition) is 0. The first-order chi connectivity index (χ1) is 17.8. The number of aryl methyl sites for hydroxylation is 1. The molecule has 188 valence electrons. The molecular formula is C25H20F3N7O2. The highest BCUT2D eigenvalue weighted by atomic mass is 19.4. The van der Waals surface area contributed by atoms with Gasteiger partial charge in [0.15, 0.2) is 11.5 Å². The normalized spacial score (nSPS) is 13.9. The summed E-state index contributed by atoms with van der Waals surface area (Å²) in [7, 11) is 1.55. The van der Waals surface area contributed by atoms with Crippen molar-refractivity contribution >= 4 is 11.0 Å². The van der Waals surface area contributed by atoms with Crippen LogP contribution in [0.1, 0.15) is 41.7 Å². The first-order valence-electron chi connectivity index (χ1n) is 11.5. The molecule has 37 heavy (non-hydrogen) atoms. The molecule has 9 nitrogen and oxygen atoms in total. The number of hydrogen-bond acceptors (Lipinski definition) is 8. The number of ether oxygens (including phenoxy) is 1. The molecule has 1 aliphatic carbocycles. The summed E-state index contributed by atoms with van der Waals surface area (Å²) in [5, 5.41) is 5.23. The van der Waals surface area contributed by atoms with Crippen molar-refractivity contribution in [2.45, 2.75) is 38.4 Å². The molecule has 0 spiro atoms. The Kier molecular flexibility index (Phi) is 5.39. The molecular weight excluding hydrogens is 487 g/mol. The topological polar surface area (TPSA) is 105 Å². The Hall–Kier alpha value is -4.35. The zero-order valence-corrected chi connectivity index (χ0v) is 19.8. The molecule has 5 aromatic rings. The Morgan fingerprint density at radius 3 is 2.51 bits per heavy atom. The molecule has 0 bridgehead atoms. The molecule has 0 unspecified atom stereocenters. The number of halogens is 3. The van der Waals surface area contributed by atoms with Gasteiger partial charge in [0.2, 0.25) is 5.88 Å². The molecule has 1 aromatic carbocycles. The fraction of sp³-hybridized carbons (Fsp3) is 0.280. The molecule has 0 atom stereocenters. The van der Waals surface area contributed by atoms with E-state index in [0.29, 0.717) is 40.9 Å². The maximum absolute atomic E-state index is 13.0. The van der Waals surface area contributed by atoms with Gasteiger partial charge in [0, 0.05) is 17.7 Å².